The van der Waals surface area contributed by atoms with Crippen LogP contribution in [0.25, 0.3) is 0 Å². The highest BCUT2D eigenvalue weighted by Gasteiger charge is 2.58. The highest BCUT2D eigenvalue weighted by molar-refractivity contribution is 7.15. The normalized spacial score (nSPS) is 20.3. The van der Waals surface area contributed by atoms with E-state index in [9.17, 15) is 19.2 Å². The fraction of sp³-hybridized carbons (Fsp3) is 0.516. The van der Waals surface area contributed by atoms with Gasteiger partial charge in [0.15, 0.2) is 10.9 Å². The number of Topliss-reactive ketones (excluding diaryl/α,β-unsaturated/α-hetero) is 1. The van der Waals surface area contributed by atoms with Crippen LogP contribution in [-0.4, -0.2) is 73.5 Å². The molecule has 43 heavy (non-hydrogen) atoms. The number of epoxide rings is 1. The maximum Gasteiger partial charge on any atom is 0.244 e. The fourth-order valence-electron chi connectivity index (χ4n) is 5.37. The van der Waals surface area contributed by atoms with Gasteiger partial charge in [0, 0.05) is 31.6 Å². The molecule has 232 valence electrons. The van der Waals surface area contributed by atoms with Crippen LogP contribution in [-0.2, 0) is 36.8 Å². The van der Waals surface area contributed by atoms with E-state index in [2.05, 4.69) is 21.7 Å². The van der Waals surface area contributed by atoms with Gasteiger partial charge in [0.25, 0.3) is 0 Å². The summed E-state index contributed by atoms with van der Waals surface area (Å²) in [6.07, 6.45) is 6.62. The number of hydrogen-bond donors (Lipinski definition) is 3. The number of ketones is 1. The van der Waals surface area contributed by atoms with Crippen molar-refractivity contribution in [1.82, 2.24) is 15.6 Å². The largest absolute Gasteiger partial charge is 0.497 e. The third-order valence-corrected chi connectivity index (χ3v) is 9.23. The molecule has 4 atom stereocenters. The van der Waals surface area contributed by atoms with Crippen molar-refractivity contribution in [1.29, 1.82) is 0 Å². The molecule has 1 aliphatic carbocycles. The molecule has 1 fully saturated rings. The number of thiazole rings is 1. The minimum absolute atomic E-state index is 0.0350. The molecule has 1 aliphatic heterocycles. The first-order valence-corrected chi connectivity index (χ1v) is 15.2. The van der Waals surface area contributed by atoms with Crippen molar-refractivity contribution in [3.05, 3.63) is 52.6 Å². The van der Waals surface area contributed by atoms with E-state index in [0.29, 0.717) is 11.3 Å². The van der Waals surface area contributed by atoms with Gasteiger partial charge in [0.1, 0.15) is 22.9 Å². The summed E-state index contributed by atoms with van der Waals surface area (Å²) in [5.74, 6) is -2.49. The number of hydrogen-bond acceptors (Lipinski definition) is 9. The predicted molar refractivity (Wildman–Crippen MR) is 164 cm³/mol. The highest BCUT2D eigenvalue weighted by atomic mass is 32.1. The Morgan fingerprint density at radius 1 is 1.23 bits per heavy atom. The maximum atomic E-state index is 14.0. The average molecular weight is 612 g/mol. The maximum absolute atomic E-state index is 14.0. The fourth-order valence-corrected chi connectivity index (χ4v) is 6.20. The molecular formula is C31H41N5O6S. The highest BCUT2D eigenvalue weighted by Crippen LogP contribution is 2.40. The summed E-state index contributed by atoms with van der Waals surface area (Å²) in [6.45, 7) is 3.45. The van der Waals surface area contributed by atoms with Crippen molar-refractivity contribution in [2.24, 2.45) is 11.7 Å². The molecule has 2 aromatic rings. The second-order valence-electron chi connectivity index (χ2n) is 11.7. The number of nitrogens with one attached hydrogen (secondary N) is 2. The van der Waals surface area contributed by atoms with Crippen LogP contribution in [0.3, 0.4) is 0 Å². The molecule has 2 aliphatic rings. The minimum Gasteiger partial charge on any atom is -0.497 e. The first-order valence-electron chi connectivity index (χ1n) is 14.4. The smallest absolute Gasteiger partial charge is 0.244 e. The summed E-state index contributed by atoms with van der Waals surface area (Å²) in [5, 5.41) is 6.35. The van der Waals surface area contributed by atoms with Crippen molar-refractivity contribution in [3.8, 4) is 5.75 Å². The number of carbonyl (C=O) groups excluding carboxylic acids is 4. The Morgan fingerprint density at radius 2 is 1.93 bits per heavy atom. The molecule has 4 N–H and O–H groups in total. The van der Waals surface area contributed by atoms with Gasteiger partial charge in [-0.25, -0.2) is 4.98 Å². The predicted octanol–water partition coefficient (Wildman–Crippen LogP) is 2.32. The summed E-state index contributed by atoms with van der Waals surface area (Å²) in [5.41, 5.74) is 5.01. The van der Waals surface area contributed by atoms with Gasteiger partial charge >= 0.3 is 0 Å². The number of amides is 3. The summed E-state index contributed by atoms with van der Waals surface area (Å²) in [4.78, 5) is 61.1. The number of benzene rings is 1. The molecule has 1 unspecified atom stereocenters. The first-order chi connectivity index (χ1) is 20.4. The summed E-state index contributed by atoms with van der Waals surface area (Å²) < 4.78 is 10.8. The van der Waals surface area contributed by atoms with Crippen LogP contribution < -0.4 is 26.0 Å². The van der Waals surface area contributed by atoms with E-state index in [1.165, 1.54) is 18.3 Å². The molecule has 0 radical (unpaired) electrons. The number of allylic oxidation sites excluding steroid dienone is 2. The van der Waals surface area contributed by atoms with Crippen molar-refractivity contribution < 1.29 is 28.7 Å². The number of carbonyl (C=O) groups is 4. The van der Waals surface area contributed by atoms with E-state index in [1.807, 2.05) is 19.0 Å². The number of rotatable bonds is 15. The van der Waals surface area contributed by atoms with Gasteiger partial charge in [-0.1, -0.05) is 23.8 Å². The van der Waals surface area contributed by atoms with Gasteiger partial charge in [-0.3, -0.25) is 19.2 Å². The van der Waals surface area contributed by atoms with Gasteiger partial charge in [0.2, 0.25) is 17.7 Å². The van der Waals surface area contributed by atoms with E-state index in [4.69, 9.17) is 15.2 Å². The Bertz CT molecular complexity index is 1380. The van der Waals surface area contributed by atoms with Crippen molar-refractivity contribution in [2.45, 2.75) is 69.6 Å². The lowest BCUT2D eigenvalue weighted by Crippen LogP contribution is -2.68. The number of primary amides is 1. The lowest BCUT2D eigenvalue weighted by atomic mass is 9.70. The molecule has 3 amide bonds. The zero-order valence-electron chi connectivity index (χ0n) is 25.4. The lowest BCUT2D eigenvalue weighted by molar-refractivity contribution is -0.142. The molecule has 0 bridgehead atoms. The van der Waals surface area contributed by atoms with Crippen molar-refractivity contribution in [2.75, 3.05) is 32.7 Å². The standard InChI is InChI=1S/C31H41N5O6S/c1-19(34-25(37)15-23-17-33-29(43-23)36(3)4)27(39)35-31(28(32)40,16-21-10-12-22(41-5)13-11-21)24(14-20-8-6-7-9-20)26(38)30(2)18-42-30/h8,10-13,17,19,24H,6-7,9,14-16,18H2,1-5H3,(H2,32,40)(H,34,37)(H,35,39)/t19-,24+,30+,31?/m0/s1. The zero-order valence-corrected chi connectivity index (χ0v) is 26.2. The average Bonchev–Trinajstić information content (AvgIpc) is 3.31. The summed E-state index contributed by atoms with van der Waals surface area (Å²) >= 11 is 1.38. The molecule has 1 aromatic carbocycles. The second kappa shape index (κ2) is 13.3. The zero-order chi connectivity index (χ0) is 31.4. The van der Waals surface area contributed by atoms with E-state index in [1.54, 1.807) is 44.5 Å². The Hall–Kier alpha value is -3.77. The van der Waals surface area contributed by atoms with Crippen LogP contribution in [0, 0.1) is 5.92 Å². The van der Waals surface area contributed by atoms with E-state index in [-0.39, 0.29) is 37.6 Å². The molecule has 0 saturated carbocycles. The molecule has 12 heteroatoms. The third kappa shape index (κ3) is 7.61. The van der Waals surface area contributed by atoms with Crippen LogP contribution in [0.5, 0.6) is 5.75 Å². The quantitative estimate of drug-likeness (QED) is 0.205. The molecule has 11 nitrogen and oxygen atoms in total. The monoisotopic (exact) mass is 611 g/mol. The van der Waals surface area contributed by atoms with Crippen LogP contribution in [0.2, 0.25) is 0 Å². The Morgan fingerprint density at radius 3 is 2.47 bits per heavy atom. The van der Waals surface area contributed by atoms with E-state index in [0.717, 1.165) is 34.8 Å². The Kier molecular flexibility index (Phi) is 9.91. The topological polar surface area (TPSA) is 156 Å². The second-order valence-corrected chi connectivity index (χ2v) is 12.8. The van der Waals surface area contributed by atoms with Gasteiger partial charge in [0.05, 0.1) is 26.1 Å². The van der Waals surface area contributed by atoms with Crippen LogP contribution in [0.1, 0.15) is 50.0 Å². The van der Waals surface area contributed by atoms with Gasteiger partial charge in [-0.05, 0) is 57.2 Å². The number of methoxy groups -OCH3 is 1. The first kappa shape index (κ1) is 32.2. The van der Waals surface area contributed by atoms with E-state index < -0.39 is 34.9 Å². The number of ether oxygens (including phenoxy) is 2. The molecule has 1 saturated heterocycles. The van der Waals surface area contributed by atoms with Crippen LogP contribution >= 0.6 is 11.3 Å². The van der Waals surface area contributed by atoms with Gasteiger partial charge in [-0.2, -0.15) is 0 Å². The minimum atomic E-state index is -1.79. The molecular weight excluding hydrogens is 570 g/mol. The number of aromatic nitrogens is 1. The number of nitrogens with two attached hydrogens (primary N) is 1. The lowest BCUT2D eigenvalue weighted by Gasteiger charge is -2.40. The number of anilines is 1. The molecule has 2 heterocycles. The molecule has 1 aromatic heterocycles. The summed E-state index contributed by atoms with van der Waals surface area (Å²) in [6, 6.07) is 6.02. The van der Waals surface area contributed by atoms with E-state index >= 15 is 0 Å². The van der Waals surface area contributed by atoms with Crippen LogP contribution in [0.15, 0.2) is 42.1 Å². The number of nitrogens with zero attached hydrogens (tertiary/aromatic N) is 2. The van der Waals surface area contributed by atoms with Gasteiger partial charge < -0.3 is 30.7 Å². The summed E-state index contributed by atoms with van der Waals surface area (Å²) in [7, 11) is 5.28. The Labute approximate surface area is 256 Å². The van der Waals surface area contributed by atoms with Crippen LogP contribution in [0.4, 0.5) is 5.13 Å². The SMILES string of the molecule is COc1ccc(CC(NC(=O)[C@H](C)NC(=O)Cc2cnc(N(C)C)s2)(C(N)=O)[C@H](CC2=CCCC2)C(=O)[C@@]2(C)CO2)cc1. The third-order valence-electron chi connectivity index (χ3n) is 8.07. The Balaban J connectivity index is 1.63. The molecule has 0 spiro atoms. The van der Waals surface area contributed by atoms with Crippen molar-refractivity contribution >= 4 is 40.0 Å². The van der Waals surface area contributed by atoms with Gasteiger partial charge in [-0.15, -0.1) is 11.3 Å². The molecule has 4 rings (SSSR count). The van der Waals surface area contributed by atoms with Crippen molar-refractivity contribution in [3.63, 3.8) is 0 Å².